The average molecular weight is 265 g/mol. The lowest BCUT2D eigenvalue weighted by Gasteiger charge is -2.15. The van der Waals surface area contributed by atoms with Gasteiger partial charge in [0.1, 0.15) is 5.75 Å². The minimum absolute atomic E-state index is 0.385. The summed E-state index contributed by atoms with van der Waals surface area (Å²) in [7, 11) is 0. The summed E-state index contributed by atoms with van der Waals surface area (Å²) in [5.41, 5.74) is 2.50. The Hall–Kier alpha value is -1.06. The van der Waals surface area contributed by atoms with Gasteiger partial charge in [-0.05, 0) is 44.5 Å². The summed E-state index contributed by atoms with van der Waals surface area (Å²) in [4.78, 5) is 0. The zero-order chi connectivity index (χ0) is 14.1. The number of rotatable bonds is 9. The van der Waals surface area contributed by atoms with E-state index in [-0.39, 0.29) is 0 Å². The standard InChI is InChI=1S/C16H27NO2/c1-5-17-14(4)15-8-9-16(13(3)12-15)19-11-7-10-18-6-2/h8-9,12,14,17H,5-7,10-11H2,1-4H3. The maximum absolute atomic E-state index is 5.78. The molecular formula is C16H27NO2. The molecule has 1 atom stereocenters. The number of aryl methyl sites for hydroxylation is 1. The van der Waals surface area contributed by atoms with Crippen molar-refractivity contribution in [2.45, 2.75) is 40.2 Å². The Morgan fingerprint density at radius 2 is 2.00 bits per heavy atom. The van der Waals surface area contributed by atoms with Crippen LogP contribution < -0.4 is 10.1 Å². The number of hydrogen-bond donors (Lipinski definition) is 1. The third-order valence-electron chi connectivity index (χ3n) is 3.10. The molecule has 0 spiro atoms. The Balaban J connectivity index is 2.47. The van der Waals surface area contributed by atoms with Gasteiger partial charge in [-0.2, -0.15) is 0 Å². The molecule has 1 rings (SSSR count). The Morgan fingerprint density at radius 1 is 1.21 bits per heavy atom. The first kappa shape index (κ1) is 16.0. The molecule has 0 saturated carbocycles. The molecule has 0 aliphatic carbocycles. The van der Waals surface area contributed by atoms with Crippen LogP contribution in [0.25, 0.3) is 0 Å². The van der Waals surface area contributed by atoms with Gasteiger partial charge in [-0.15, -0.1) is 0 Å². The average Bonchev–Trinajstić information content (AvgIpc) is 2.40. The van der Waals surface area contributed by atoms with E-state index >= 15 is 0 Å². The lowest BCUT2D eigenvalue weighted by molar-refractivity contribution is 0.130. The van der Waals surface area contributed by atoms with Crippen molar-refractivity contribution in [1.29, 1.82) is 0 Å². The Morgan fingerprint density at radius 3 is 2.63 bits per heavy atom. The van der Waals surface area contributed by atoms with E-state index in [0.29, 0.717) is 12.6 Å². The number of nitrogens with one attached hydrogen (secondary N) is 1. The highest BCUT2D eigenvalue weighted by Gasteiger charge is 2.06. The lowest BCUT2D eigenvalue weighted by atomic mass is 10.1. The monoisotopic (exact) mass is 265 g/mol. The maximum atomic E-state index is 5.78. The van der Waals surface area contributed by atoms with E-state index in [0.717, 1.165) is 31.9 Å². The Labute approximate surface area is 117 Å². The highest BCUT2D eigenvalue weighted by Crippen LogP contribution is 2.22. The first-order chi connectivity index (χ1) is 9.19. The fourth-order valence-electron chi connectivity index (χ4n) is 2.02. The SMILES string of the molecule is CCNC(C)c1ccc(OCCCOCC)c(C)c1. The second-order valence-corrected chi connectivity index (χ2v) is 4.70. The summed E-state index contributed by atoms with van der Waals surface area (Å²) in [6.45, 7) is 11.6. The quantitative estimate of drug-likeness (QED) is 0.693. The third kappa shape index (κ3) is 5.62. The highest BCUT2D eigenvalue weighted by molar-refractivity contribution is 5.37. The van der Waals surface area contributed by atoms with Crippen LogP contribution in [-0.4, -0.2) is 26.4 Å². The van der Waals surface area contributed by atoms with E-state index in [1.54, 1.807) is 0 Å². The first-order valence-electron chi connectivity index (χ1n) is 7.23. The van der Waals surface area contributed by atoms with Crippen molar-refractivity contribution >= 4 is 0 Å². The van der Waals surface area contributed by atoms with Crippen molar-refractivity contribution < 1.29 is 9.47 Å². The van der Waals surface area contributed by atoms with Crippen LogP contribution in [0.15, 0.2) is 18.2 Å². The minimum Gasteiger partial charge on any atom is -0.493 e. The third-order valence-corrected chi connectivity index (χ3v) is 3.10. The molecule has 1 unspecified atom stereocenters. The Bertz CT molecular complexity index is 366. The molecule has 3 nitrogen and oxygen atoms in total. The van der Waals surface area contributed by atoms with Gasteiger partial charge in [0.05, 0.1) is 6.61 Å². The van der Waals surface area contributed by atoms with Gasteiger partial charge in [-0.3, -0.25) is 0 Å². The molecule has 1 N–H and O–H groups in total. The zero-order valence-electron chi connectivity index (χ0n) is 12.7. The molecule has 0 saturated heterocycles. The van der Waals surface area contributed by atoms with Gasteiger partial charge in [0.25, 0.3) is 0 Å². The van der Waals surface area contributed by atoms with Gasteiger partial charge < -0.3 is 14.8 Å². The van der Waals surface area contributed by atoms with Crippen molar-refractivity contribution in [3.63, 3.8) is 0 Å². The van der Waals surface area contributed by atoms with Crippen molar-refractivity contribution in [1.82, 2.24) is 5.32 Å². The van der Waals surface area contributed by atoms with E-state index in [1.807, 2.05) is 6.92 Å². The molecule has 3 heteroatoms. The summed E-state index contributed by atoms with van der Waals surface area (Å²) in [6.07, 6.45) is 0.933. The van der Waals surface area contributed by atoms with Crippen LogP contribution in [0.3, 0.4) is 0 Å². The van der Waals surface area contributed by atoms with Gasteiger partial charge in [-0.25, -0.2) is 0 Å². The number of benzene rings is 1. The molecule has 0 heterocycles. The van der Waals surface area contributed by atoms with Gasteiger partial charge in [0.15, 0.2) is 0 Å². The van der Waals surface area contributed by atoms with Crippen LogP contribution in [0.5, 0.6) is 5.75 Å². The Kier molecular flexibility index (Phi) is 7.53. The van der Waals surface area contributed by atoms with Crippen LogP contribution in [0.4, 0.5) is 0 Å². The van der Waals surface area contributed by atoms with Gasteiger partial charge in [-0.1, -0.05) is 19.1 Å². The molecule has 0 bridgehead atoms. The lowest BCUT2D eigenvalue weighted by Crippen LogP contribution is -2.17. The predicted octanol–water partition coefficient (Wildman–Crippen LogP) is 3.47. The summed E-state index contributed by atoms with van der Waals surface area (Å²) in [6, 6.07) is 6.79. The maximum Gasteiger partial charge on any atom is 0.122 e. The number of hydrogen-bond acceptors (Lipinski definition) is 3. The summed E-state index contributed by atoms with van der Waals surface area (Å²) >= 11 is 0. The van der Waals surface area contributed by atoms with Crippen LogP contribution in [0, 0.1) is 6.92 Å². The molecule has 1 aromatic rings. The van der Waals surface area contributed by atoms with Gasteiger partial charge >= 0.3 is 0 Å². The van der Waals surface area contributed by atoms with Crippen molar-refractivity contribution in [3.8, 4) is 5.75 Å². The molecule has 0 aromatic heterocycles. The number of ether oxygens (including phenoxy) is 2. The van der Waals surface area contributed by atoms with Crippen molar-refractivity contribution in [2.24, 2.45) is 0 Å². The molecule has 0 amide bonds. The van der Waals surface area contributed by atoms with E-state index in [1.165, 1.54) is 11.1 Å². The molecule has 108 valence electrons. The second kappa shape index (κ2) is 8.94. The highest BCUT2D eigenvalue weighted by atomic mass is 16.5. The van der Waals surface area contributed by atoms with E-state index in [4.69, 9.17) is 9.47 Å². The second-order valence-electron chi connectivity index (χ2n) is 4.70. The fraction of sp³-hybridized carbons (Fsp3) is 0.625. The summed E-state index contributed by atoms with van der Waals surface area (Å²) < 4.78 is 11.1. The molecule has 0 aliphatic heterocycles. The topological polar surface area (TPSA) is 30.5 Å². The summed E-state index contributed by atoms with van der Waals surface area (Å²) in [5, 5.41) is 3.42. The zero-order valence-corrected chi connectivity index (χ0v) is 12.7. The van der Waals surface area contributed by atoms with Crippen LogP contribution in [0.2, 0.25) is 0 Å². The molecule has 0 radical (unpaired) electrons. The van der Waals surface area contributed by atoms with Crippen molar-refractivity contribution in [2.75, 3.05) is 26.4 Å². The smallest absolute Gasteiger partial charge is 0.122 e. The molecular weight excluding hydrogens is 238 g/mol. The molecule has 0 fully saturated rings. The van der Waals surface area contributed by atoms with Crippen LogP contribution in [-0.2, 0) is 4.74 Å². The minimum atomic E-state index is 0.385. The van der Waals surface area contributed by atoms with Crippen molar-refractivity contribution in [3.05, 3.63) is 29.3 Å². The predicted molar refractivity (Wildman–Crippen MR) is 79.9 cm³/mol. The van der Waals surface area contributed by atoms with E-state index in [9.17, 15) is 0 Å². The largest absolute Gasteiger partial charge is 0.493 e. The first-order valence-corrected chi connectivity index (χ1v) is 7.23. The van der Waals surface area contributed by atoms with E-state index < -0.39 is 0 Å². The molecule has 0 aliphatic rings. The van der Waals surface area contributed by atoms with E-state index in [2.05, 4.69) is 44.3 Å². The molecule has 19 heavy (non-hydrogen) atoms. The van der Waals surface area contributed by atoms with Gasteiger partial charge in [0, 0.05) is 25.7 Å². The summed E-state index contributed by atoms with van der Waals surface area (Å²) in [5.74, 6) is 0.976. The van der Waals surface area contributed by atoms with Crippen LogP contribution >= 0.6 is 0 Å². The normalized spacial score (nSPS) is 12.4. The molecule has 1 aromatic carbocycles. The van der Waals surface area contributed by atoms with Gasteiger partial charge in [0.2, 0.25) is 0 Å². The van der Waals surface area contributed by atoms with Crippen LogP contribution in [0.1, 0.15) is 44.4 Å². The fourth-order valence-corrected chi connectivity index (χ4v) is 2.02.